The number of nitrogens with zero attached hydrogens (tertiary/aromatic N) is 4. The van der Waals surface area contributed by atoms with Crippen LogP contribution in [0, 0.1) is 5.82 Å². The third-order valence-electron chi connectivity index (χ3n) is 6.71. The summed E-state index contributed by atoms with van der Waals surface area (Å²) in [5, 5.41) is 24.2. The van der Waals surface area contributed by atoms with Crippen LogP contribution < -0.4 is 5.32 Å². The van der Waals surface area contributed by atoms with E-state index in [9.17, 15) is 19.0 Å². The van der Waals surface area contributed by atoms with Crippen LogP contribution in [0.15, 0.2) is 18.3 Å². The predicted octanol–water partition coefficient (Wildman–Crippen LogP) is 3.38. The minimum atomic E-state index is -2.99. The number of hydrogen-bond donors (Lipinski definition) is 3. The Balaban J connectivity index is 1.41. The second kappa shape index (κ2) is 7.99. The van der Waals surface area contributed by atoms with Gasteiger partial charge in [-0.1, -0.05) is 11.6 Å². The monoisotopic (exact) mass is 525 g/mol. The van der Waals surface area contributed by atoms with Gasteiger partial charge in [0.25, 0.3) is 5.92 Å². The zero-order valence-corrected chi connectivity index (χ0v) is 20.0. The second-order valence-electron chi connectivity index (χ2n) is 10.00. The van der Waals surface area contributed by atoms with E-state index in [-0.39, 0.29) is 45.2 Å². The van der Waals surface area contributed by atoms with Crippen LogP contribution in [0.5, 0.6) is 0 Å². The molecule has 3 fully saturated rings. The average molecular weight is 526 g/mol. The Hall–Kier alpha value is -2.51. The van der Waals surface area contributed by atoms with Gasteiger partial charge >= 0.3 is 0 Å². The molecule has 9 nitrogen and oxygen atoms in total. The van der Waals surface area contributed by atoms with E-state index in [0.717, 1.165) is 6.07 Å². The highest BCUT2D eigenvalue weighted by atomic mass is 35.5. The number of alkyl halides is 2. The van der Waals surface area contributed by atoms with E-state index in [1.54, 1.807) is 0 Å². The molecule has 0 unspecified atom stereocenters. The van der Waals surface area contributed by atoms with Crippen LogP contribution in [-0.4, -0.2) is 66.8 Å². The van der Waals surface area contributed by atoms with Gasteiger partial charge in [0, 0.05) is 12.0 Å². The number of imidazole rings is 1. The molecule has 2 aromatic heterocycles. The van der Waals surface area contributed by atoms with Gasteiger partial charge in [0.15, 0.2) is 12.1 Å². The number of anilines is 1. The van der Waals surface area contributed by atoms with Crippen molar-refractivity contribution in [2.75, 3.05) is 11.9 Å². The van der Waals surface area contributed by atoms with Crippen molar-refractivity contribution < 1.29 is 32.9 Å². The molecule has 4 heterocycles. The molecule has 36 heavy (non-hydrogen) atoms. The van der Waals surface area contributed by atoms with Crippen molar-refractivity contribution in [3.05, 3.63) is 35.0 Å². The fraction of sp³-hybridized carbons (Fsp3) is 0.522. The quantitative estimate of drug-likeness (QED) is 0.464. The molecule has 192 valence electrons. The van der Waals surface area contributed by atoms with Gasteiger partial charge in [0.05, 0.1) is 41.2 Å². The molecule has 2 bridgehead atoms. The van der Waals surface area contributed by atoms with Gasteiger partial charge in [-0.25, -0.2) is 28.1 Å². The van der Waals surface area contributed by atoms with Gasteiger partial charge < -0.3 is 29.6 Å². The van der Waals surface area contributed by atoms with Crippen LogP contribution in [0.25, 0.3) is 22.3 Å². The van der Waals surface area contributed by atoms with Crippen molar-refractivity contribution >= 4 is 28.6 Å². The number of ether oxygens (including phenoxy) is 2. The highest BCUT2D eigenvalue weighted by Gasteiger charge is 2.60. The smallest absolute Gasteiger partial charge is 0.270 e. The predicted molar refractivity (Wildman–Crippen MR) is 122 cm³/mol. The van der Waals surface area contributed by atoms with Crippen LogP contribution >= 0.6 is 11.6 Å². The van der Waals surface area contributed by atoms with Crippen LogP contribution in [0.3, 0.4) is 0 Å². The number of aliphatic hydroxyl groups excluding tert-OH is 1. The number of hydrogen-bond acceptors (Lipinski definition) is 8. The summed E-state index contributed by atoms with van der Waals surface area (Å²) >= 11 is 6.35. The van der Waals surface area contributed by atoms with Crippen molar-refractivity contribution in [3.8, 4) is 11.3 Å². The molecule has 0 amide bonds. The Bertz CT molecular complexity index is 1360. The second-order valence-corrected chi connectivity index (χ2v) is 10.4. The van der Waals surface area contributed by atoms with E-state index < -0.39 is 48.2 Å². The molecule has 0 spiro atoms. The molecule has 2 saturated heterocycles. The summed E-state index contributed by atoms with van der Waals surface area (Å²) in [4.78, 5) is 12.8. The lowest BCUT2D eigenvalue weighted by atomic mass is 10.0. The molecule has 2 aliphatic heterocycles. The summed E-state index contributed by atoms with van der Waals surface area (Å²) < 4.78 is 55.6. The van der Waals surface area contributed by atoms with Crippen molar-refractivity contribution in [2.24, 2.45) is 0 Å². The molecular formula is C23H23ClF3N5O4. The van der Waals surface area contributed by atoms with Gasteiger partial charge in [0.2, 0.25) is 5.95 Å². The first kappa shape index (κ1) is 23.9. The number of rotatable bonds is 5. The zero-order chi connectivity index (χ0) is 25.6. The lowest BCUT2D eigenvalue weighted by Gasteiger charge is -2.32. The van der Waals surface area contributed by atoms with E-state index >= 15 is 4.39 Å². The van der Waals surface area contributed by atoms with Crippen LogP contribution in [-0.2, 0) is 15.1 Å². The van der Waals surface area contributed by atoms with Crippen molar-refractivity contribution in [1.29, 1.82) is 0 Å². The number of nitrogens with one attached hydrogen (secondary N) is 1. The number of halogens is 4. The summed E-state index contributed by atoms with van der Waals surface area (Å²) in [6.07, 6.45) is -0.488. The molecule has 6 rings (SSSR count). The van der Waals surface area contributed by atoms with Crippen molar-refractivity contribution in [1.82, 2.24) is 19.5 Å². The highest BCUT2D eigenvalue weighted by Crippen LogP contribution is 2.55. The fourth-order valence-corrected chi connectivity index (χ4v) is 5.05. The van der Waals surface area contributed by atoms with Gasteiger partial charge in [-0.2, -0.15) is 0 Å². The van der Waals surface area contributed by atoms with Gasteiger partial charge in [-0.3, -0.25) is 0 Å². The lowest BCUT2D eigenvalue weighted by molar-refractivity contribution is -0.156. The Morgan fingerprint density at radius 2 is 2.03 bits per heavy atom. The lowest BCUT2D eigenvalue weighted by Crippen LogP contribution is -2.48. The number of benzene rings is 1. The molecule has 1 aromatic carbocycles. The third-order valence-corrected chi connectivity index (χ3v) is 6.99. The molecule has 0 radical (unpaired) electrons. The fourth-order valence-electron chi connectivity index (χ4n) is 4.85. The molecule has 3 aliphatic rings. The largest absolute Gasteiger partial charge is 0.386 e. The van der Waals surface area contributed by atoms with Crippen LogP contribution in [0.1, 0.15) is 38.6 Å². The van der Waals surface area contributed by atoms with Crippen molar-refractivity contribution in [2.45, 2.75) is 68.8 Å². The Kier molecular flexibility index (Phi) is 5.30. The first-order valence-electron chi connectivity index (χ1n) is 11.5. The number of aliphatic hydroxyl groups is 2. The number of fused-ring (bicyclic) bond motifs is 3. The van der Waals surface area contributed by atoms with Gasteiger partial charge in [0.1, 0.15) is 29.1 Å². The molecule has 3 N–H and O–H groups in total. The van der Waals surface area contributed by atoms with Crippen LogP contribution in [0.2, 0.25) is 5.02 Å². The minimum Gasteiger partial charge on any atom is -0.386 e. The summed E-state index contributed by atoms with van der Waals surface area (Å²) in [6, 6.07) is 0.945. The maximum Gasteiger partial charge on any atom is 0.270 e. The van der Waals surface area contributed by atoms with E-state index in [1.165, 1.54) is 30.7 Å². The first-order valence-corrected chi connectivity index (χ1v) is 11.9. The van der Waals surface area contributed by atoms with Gasteiger partial charge in [-0.05, 0) is 32.4 Å². The molecule has 5 atom stereocenters. The number of aromatic nitrogens is 4. The Morgan fingerprint density at radius 1 is 1.28 bits per heavy atom. The van der Waals surface area contributed by atoms with E-state index in [4.69, 9.17) is 21.1 Å². The molecule has 3 aromatic rings. The Labute approximate surface area is 208 Å². The van der Waals surface area contributed by atoms with E-state index in [1.807, 2.05) is 0 Å². The zero-order valence-electron chi connectivity index (χ0n) is 19.3. The molecular weight excluding hydrogens is 503 g/mol. The summed E-state index contributed by atoms with van der Waals surface area (Å²) in [6.45, 7) is 3.20. The molecule has 13 heteroatoms. The maximum atomic E-state index is 15.2. The van der Waals surface area contributed by atoms with Crippen molar-refractivity contribution in [3.63, 3.8) is 0 Å². The average Bonchev–Trinajstić information content (AvgIpc) is 3.13. The first-order chi connectivity index (χ1) is 16.9. The van der Waals surface area contributed by atoms with E-state index in [2.05, 4.69) is 20.3 Å². The highest BCUT2D eigenvalue weighted by molar-refractivity contribution is 6.33. The SMILES string of the molecule is CC(C)(O)c1nc2c(F)cc(-c3nc(N[C@@H]4C[C@H]5CO[C@H](O5)[C@H]4O)ncc3Cl)cc2n1[C@H]1CC1(F)F. The van der Waals surface area contributed by atoms with Crippen LogP contribution in [0.4, 0.5) is 19.1 Å². The van der Waals surface area contributed by atoms with Gasteiger partial charge in [-0.15, -0.1) is 0 Å². The summed E-state index contributed by atoms with van der Waals surface area (Å²) in [5.41, 5.74) is -1.23. The normalized spacial score (nSPS) is 29.1. The minimum absolute atomic E-state index is 0.0581. The summed E-state index contributed by atoms with van der Waals surface area (Å²) in [5.74, 6) is -3.68. The molecule has 1 saturated carbocycles. The topological polar surface area (TPSA) is 115 Å². The summed E-state index contributed by atoms with van der Waals surface area (Å²) in [7, 11) is 0. The molecule has 1 aliphatic carbocycles. The maximum absolute atomic E-state index is 15.2. The Morgan fingerprint density at radius 3 is 2.72 bits per heavy atom. The van der Waals surface area contributed by atoms with E-state index in [0.29, 0.717) is 13.0 Å². The third kappa shape index (κ3) is 3.91. The standard InChI is InChI=1S/C23H23ClF3N5O4/c1-22(2,34)20-30-17-12(25)3-9(4-14(17)32(20)15-6-23(15,26)27)16-11(24)7-28-21(31-16)29-13-5-10-8-35-19(36-10)18(13)33/h3-4,7,10,13,15,18-19,33-34H,5-6,8H2,1-2H3,(H,28,29,31)/t10-,13+,15-,18-,19+/m0/s1.